The van der Waals surface area contributed by atoms with Gasteiger partial charge in [0.05, 0.1) is 0 Å². The molecule has 15 heteroatoms. The highest BCUT2D eigenvalue weighted by atomic mass is 19.4. The number of carbonyl (C=O) groups is 4. The lowest BCUT2D eigenvalue weighted by Crippen LogP contribution is -2.51. The molecule has 0 aliphatic carbocycles. The molecule has 2 bridgehead atoms. The van der Waals surface area contributed by atoms with Crippen LogP contribution >= 0.6 is 0 Å². The van der Waals surface area contributed by atoms with E-state index < -0.39 is 85.2 Å². The minimum atomic E-state index is -5.97. The number of hydrogen-bond acceptors (Lipinski definition) is 9. The number of rotatable bonds is 6. The normalized spacial score (nSPS) is 30.8. The molecule has 6 atom stereocenters. The zero-order valence-electron chi connectivity index (χ0n) is 15.9. The molecule has 178 valence electrons. The standard InChI is InChI=1S/C17H14F6O9/c1-4(2)12(25)28-3-5(24)29-10-8-7(6-9(30-8)11(10)31-13(6)26)14(27)32-15(16(18,19)20)17(21,22)23/h6-11,15H,1,3H2,2H3. The van der Waals surface area contributed by atoms with Crippen LogP contribution in [-0.2, 0) is 42.9 Å². The maximum atomic E-state index is 12.7. The average molecular weight is 476 g/mol. The predicted molar refractivity (Wildman–Crippen MR) is 83.2 cm³/mol. The molecule has 0 saturated carbocycles. The van der Waals surface area contributed by atoms with Gasteiger partial charge in [0.1, 0.15) is 24.0 Å². The lowest BCUT2D eigenvalue weighted by Gasteiger charge is -2.29. The maximum absolute atomic E-state index is 12.7. The molecule has 0 aromatic rings. The van der Waals surface area contributed by atoms with E-state index in [1.807, 2.05) is 0 Å². The lowest BCUT2D eigenvalue weighted by molar-refractivity contribution is -0.314. The van der Waals surface area contributed by atoms with Crippen molar-refractivity contribution >= 4 is 23.9 Å². The van der Waals surface area contributed by atoms with Gasteiger partial charge in [0.15, 0.2) is 18.8 Å². The van der Waals surface area contributed by atoms with Crippen LogP contribution in [0.2, 0.25) is 0 Å². The van der Waals surface area contributed by atoms with Crippen LogP contribution in [-0.4, -0.2) is 73.4 Å². The first-order chi connectivity index (χ1) is 14.6. The average Bonchev–Trinajstić information content (AvgIpc) is 3.25. The fourth-order valence-electron chi connectivity index (χ4n) is 3.69. The number of hydrogen-bond donors (Lipinski definition) is 0. The van der Waals surface area contributed by atoms with Crippen molar-refractivity contribution in [3.63, 3.8) is 0 Å². The number of fused-ring (bicyclic) bond motifs is 1. The Bertz CT molecular complexity index is 836. The Kier molecular flexibility index (Phi) is 5.91. The van der Waals surface area contributed by atoms with E-state index in [0.29, 0.717) is 0 Å². The van der Waals surface area contributed by atoms with Crippen molar-refractivity contribution in [1.29, 1.82) is 0 Å². The van der Waals surface area contributed by atoms with Crippen LogP contribution in [0, 0.1) is 11.8 Å². The molecule has 6 unspecified atom stereocenters. The van der Waals surface area contributed by atoms with E-state index in [9.17, 15) is 45.5 Å². The summed E-state index contributed by atoms with van der Waals surface area (Å²) in [4.78, 5) is 47.6. The second kappa shape index (κ2) is 7.94. The SMILES string of the molecule is C=C(C)C(=O)OCC(=O)OC1C2OC(=O)C3C2OC1C3C(=O)OC(C(F)(F)F)C(F)(F)F. The van der Waals surface area contributed by atoms with Gasteiger partial charge in [-0.3, -0.25) is 9.59 Å². The summed E-state index contributed by atoms with van der Waals surface area (Å²) in [6.45, 7) is 3.64. The highest BCUT2D eigenvalue weighted by molar-refractivity contribution is 5.89. The van der Waals surface area contributed by atoms with Crippen molar-refractivity contribution in [1.82, 2.24) is 0 Å². The fraction of sp³-hybridized carbons (Fsp3) is 0.647. The monoisotopic (exact) mass is 476 g/mol. The molecule has 3 rings (SSSR count). The molecule has 0 N–H and O–H groups in total. The second-order valence-corrected chi connectivity index (χ2v) is 7.23. The van der Waals surface area contributed by atoms with Gasteiger partial charge in [0, 0.05) is 5.57 Å². The van der Waals surface area contributed by atoms with Gasteiger partial charge in [-0.2, -0.15) is 26.3 Å². The lowest BCUT2D eigenvalue weighted by atomic mass is 9.78. The third kappa shape index (κ3) is 4.25. The molecule has 0 spiro atoms. The first kappa shape index (κ1) is 23.8. The highest BCUT2D eigenvalue weighted by Crippen LogP contribution is 2.52. The van der Waals surface area contributed by atoms with Crippen LogP contribution < -0.4 is 0 Å². The van der Waals surface area contributed by atoms with Gasteiger partial charge in [-0.05, 0) is 6.92 Å². The summed E-state index contributed by atoms with van der Waals surface area (Å²) in [5.74, 6) is -8.77. The molecule has 3 fully saturated rings. The van der Waals surface area contributed by atoms with Gasteiger partial charge >= 0.3 is 36.2 Å². The number of carbonyl (C=O) groups excluding carboxylic acids is 4. The third-order valence-electron chi connectivity index (χ3n) is 4.94. The Hall–Kier alpha value is -2.84. The quantitative estimate of drug-likeness (QED) is 0.240. The number of ether oxygens (including phenoxy) is 5. The van der Waals surface area contributed by atoms with Gasteiger partial charge in [-0.25, -0.2) is 9.59 Å². The van der Waals surface area contributed by atoms with E-state index in [1.165, 1.54) is 6.92 Å². The minimum absolute atomic E-state index is 0.0414. The third-order valence-corrected chi connectivity index (χ3v) is 4.94. The Balaban J connectivity index is 1.75. The first-order valence-corrected chi connectivity index (χ1v) is 8.85. The van der Waals surface area contributed by atoms with Crippen molar-refractivity contribution in [2.45, 2.75) is 49.8 Å². The molecule has 3 aliphatic rings. The molecule has 0 aromatic heterocycles. The zero-order chi connectivity index (χ0) is 24.2. The molecular formula is C17H14F6O9. The molecule has 32 heavy (non-hydrogen) atoms. The topological polar surface area (TPSA) is 114 Å². The molecule has 9 nitrogen and oxygen atoms in total. The molecule has 0 radical (unpaired) electrons. The highest BCUT2D eigenvalue weighted by Gasteiger charge is 2.73. The zero-order valence-corrected chi connectivity index (χ0v) is 15.9. The van der Waals surface area contributed by atoms with Crippen LogP contribution in [0.1, 0.15) is 6.92 Å². The van der Waals surface area contributed by atoms with E-state index in [4.69, 9.17) is 14.2 Å². The van der Waals surface area contributed by atoms with Crippen molar-refractivity contribution < 1.29 is 69.2 Å². The van der Waals surface area contributed by atoms with Gasteiger partial charge in [0.2, 0.25) is 0 Å². The largest absolute Gasteiger partial charge is 0.455 e. The van der Waals surface area contributed by atoms with Gasteiger partial charge in [0.25, 0.3) is 6.10 Å². The first-order valence-electron chi connectivity index (χ1n) is 8.85. The van der Waals surface area contributed by atoms with Crippen molar-refractivity contribution in [2.24, 2.45) is 11.8 Å². The van der Waals surface area contributed by atoms with Crippen LogP contribution in [0.4, 0.5) is 26.3 Å². The molecule has 3 aliphatic heterocycles. The predicted octanol–water partition coefficient (Wildman–Crippen LogP) is 0.993. The molecule has 3 heterocycles. The smallest absolute Gasteiger partial charge is 0.434 e. The summed E-state index contributed by atoms with van der Waals surface area (Å²) in [7, 11) is 0. The number of alkyl halides is 6. The van der Waals surface area contributed by atoms with Gasteiger partial charge in [-0.15, -0.1) is 0 Å². The van der Waals surface area contributed by atoms with Crippen LogP contribution in [0.3, 0.4) is 0 Å². The van der Waals surface area contributed by atoms with E-state index in [1.54, 1.807) is 0 Å². The molecule has 0 amide bonds. The van der Waals surface area contributed by atoms with Crippen LogP contribution in [0.25, 0.3) is 0 Å². The maximum Gasteiger partial charge on any atom is 0.434 e. The number of esters is 4. The van der Waals surface area contributed by atoms with Gasteiger partial charge in [-0.1, -0.05) is 6.58 Å². The Morgan fingerprint density at radius 3 is 2.19 bits per heavy atom. The van der Waals surface area contributed by atoms with Crippen molar-refractivity contribution in [2.75, 3.05) is 6.61 Å². The van der Waals surface area contributed by atoms with Crippen LogP contribution in [0.15, 0.2) is 12.2 Å². The van der Waals surface area contributed by atoms with Crippen molar-refractivity contribution in [3.05, 3.63) is 12.2 Å². The van der Waals surface area contributed by atoms with Crippen molar-refractivity contribution in [3.8, 4) is 0 Å². The van der Waals surface area contributed by atoms with E-state index in [2.05, 4.69) is 16.1 Å². The fourth-order valence-corrected chi connectivity index (χ4v) is 3.69. The Morgan fingerprint density at radius 1 is 1.06 bits per heavy atom. The second-order valence-electron chi connectivity index (χ2n) is 7.23. The summed E-state index contributed by atoms with van der Waals surface area (Å²) in [6, 6.07) is 0. The minimum Gasteiger partial charge on any atom is -0.455 e. The van der Waals surface area contributed by atoms with Gasteiger partial charge < -0.3 is 23.7 Å². The van der Waals surface area contributed by atoms with E-state index in [-0.39, 0.29) is 5.57 Å². The number of halogens is 6. The Labute approximate surface area is 174 Å². The van der Waals surface area contributed by atoms with E-state index in [0.717, 1.165) is 0 Å². The summed E-state index contributed by atoms with van der Waals surface area (Å²) in [5.41, 5.74) is -0.0414. The Morgan fingerprint density at radius 2 is 1.66 bits per heavy atom. The summed E-state index contributed by atoms with van der Waals surface area (Å²) < 4.78 is 99.8. The van der Waals surface area contributed by atoms with E-state index >= 15 is 0 Å². The van der Waals surface area contributed by atoms with Crippen LogP contribution in [0.5, 0.6) is 0 Å². The summed E-state index contributed by atoms with van der Waals surface area (Å²) in [6.07, 6.45) is -22.0. The molecule has 0 aromatic carbocycles. The molecule has 3 saturated heterocycles. The summed E-state index contributed by atoms with van der Waals surface area (Å²) in [5, 5.41) is 0. The molecular weight excluding hydrogens is 462 g/mol. The summed E-state index contributed by atoms with van der Waals surface area (Å²) >= 11 is 0.